The van der Waals surface area contributed by atoms with Crippen LogP contribution in [0.2, 0.25) is 5.02 Å². The maximum Gasteiger partial charge on any atom is 0.417 e. The number of carbonyl (C=O) groups is 1. The number of nitrogens with zero attached hydrogens (tertiary/aromatic N) is 1. The van der Waals surface area contributed by atoms with Gasteiger partial charge >= 0.3 is 6.18 Å². The number of fused-ring (bicyclic) bond motifs is 1. The number of hydrogen-bond acceptors (Lipinski definition) is 3. The summed E-state index contributed by atoms with van der Waals surface area (Å²) in [6, 6.07) is 10.0. The molecule has 1 heterocycles. The van der Waals surface area contributed by atoms with Crippen LogP contribution < -0.4 is 16.2 Å². The molecule has 1 aromatic heterocycles. The van der Waals surface area contributed by atoms with Crippen molar-refractivity contribution in [3.63, 3.8) is 0 Å². The molecule has 0 radical (unpaired) electrons. The standard InChI is InChI=1S/C21H19ClF3N3O2/c1-26-8-10-28-9-7-14-15(20(28)30)3-2-4-18(14)27-19(29)12-13-5-6-17(22)16(11-13)21(23,24)25/h2-7,9,11,26H,8,10,12H2,1H3,(H,27,29). The number of pyridine rings is 1. The second kappa shape index (κ2) is 8.89. The normalized spacial score (nSPS) is 11.6. The van der Waals surface area contributed by atoms with Crippen molar-refractivity contribution in [2.75, 3.05) is 18.9 Å². The number of rotatable bonds is 6. The lowest BCUT2D eigenvalue weighted by atomic mass is 10.1. The third-order valence-electron chi connectivity index (χ3n) is 4.60. The molecule has 2 aromatic carbocycles. The Morgan fingerprint density at radius 3 is 2.60 bits per heavy atom. The highest BCUT2D eigenvalue weighted by atomic mass is 35.5. The van der Waals surface area contributed by atoms with Gasteiger partial charge in [0, 0.05) is 35.7 Å². The molecule has 2 N–H and O–H groups in total. The van der Waals surface area contributed by atoms with E-state index in [1.54, 1.807) is 42.1 Å². The average Bonchev–Trinajstić information content (AvgIpc) is 2.68. The molecule has 0 aliphatic rings. The van der Waals surface area contributed by atoms with Crippen LogP contribution in [-0.2, 0) is 23.9 Å². The summed E-state index contributed by atoms with van der Waals surface area (Å²) in [5.41, 5.74) is -0.577. The maximum atomic E-state index is 13.0. The van der Waals surface area contributed by atoms with Crippen molar-refractivity contribution in [1.82, 2.24) is 9.88 Å². The first-order valence-electron chi connectivity index (χ1n) is 9.13. The molecule has 0 unspecified atom stereocenters. The molecular weight excluding hydrogens is 419 g/mol. The van der Waals surface area contributed by atoms with E-state index in [1.165, 1.54) is 6.07 Å². The number of likely N-dealkylation sites (N-methyl/N-ethyl adjacent to an activating group) is 1. The summed E-state index contributed by atoms with van der Waals surface area (Å²) >= 11 is 5.62. The van der Waals surface area contributed by atoms with Gasteiger partial charge in [0.2, 0.25) is 5.91 Å². The fraction of sp³-hybridized carbons (Fsp3) is 0.238. The molecule has 0 saturated heterocycles. The van der Waals surface area contributed by atoms with Gasteiger partial charge in [-0.3, -0.25) is 9.59 Å². The first-order valence-corrected chi connectivity index (χ1v) is 9.50. The van der Waals surface area contributed by atoms with E-state index >= 15 is 0 Å². The van der Waals surface area contributed by atoms with Crippen LogP contribution in [0.4, 0.5) is 18.9 Å². The second-order valence-electron chi connectivity index (χ2n) is 6.72. The zero-order valence-corrected chi connectivity index (χ0v) is 16.8. The summed E-state index contributed by atoms with van der Waals surface area (Å²) in [5.74, 6) is -0.502. The van der Waals surface area contributed by atoms with Crippen LogP contribution in [0, 0.1) is 0 Å². The van der Waals surface area contributed by atoms with Gasteiger partial charge in [-0.1, -0.05) is 23.7 Å². The SMILES string of the molecule is CNCCn1ccc2c(NC(=O)Cc3ccc(Cl)c(C(F)(F)F)c3)cccc2c1=O. The van der Waals surface area contributed by atoms with Crippen molar-refractivity contribution < 1.29 is 18.0 Å². The van der Waals surface area contributed by atoms with Gasteiger partial charge in [-0.2, -0.15) is 13.2 Å². The Balaban J connectivity index is 1.84. The van der Waals surface area contributed by atoms with E-state index in [0.29, 0.717) is 29.5 Å². The van der Waals surface area contributed by atoms with Gasteiger partial charge in [0.05, 0.1) is 17.0 Å². The Bertz CT molecular complexity index is 1140. The van der Waals surface area contributed by atoms with Crippen LogP contribution in [0.3, 0.4) is 0 Å². The van der Waals surface area contributed by atoms with E-state index < -0.39 is 22.7 Å². The van der Waals surface area contributed by atoms with Gasteiger partial charge in [0.15, 0.2) is 0 Å². The molecule has 0 fully saturated rings. The minimum atomic E-state index is -4.60. The summed E-state index contributed by atoms with van der Waals surface area (Å²) in [5, 5.41) is 6.24. The number of aromatic nitrogens is 1. The molecule has 0 bridgehead atoms. The fourth-order valence-corrected chi connectivity index (χ4v) is 3.34. The van der Waals surface area contributed by atoms with E-state index in [1.807, 2.05) is 0 Å². The maximum absolute atomic E-state index is 13.0. The lowest BCUT2D eigenvalue weighted by Gasteiger charge is -2.13. The third-order valence-corrected chi connectivity index (χ3v) is 4.93. The Hall–Kier alpha value is -2.84. The topological polar surface area (TPSA) is 63.1 Å². The summed E-state index contributed by atoms with van der Waals surface area (Å²) in [4.78, 5) is 25.1. The van der Waals surface area contributed by atoms with Crippen LogP contribution in [0.5, 0.6) is 0 Å². The molecule has 0 aliphatic carbocycles. The molecule has 3 aromatic rings. The highest BCUT2D eigenvalue weighted by molar-refractivity contribution is 6.31. The molecule has 0 atom stereocenters. The van der Waals surface area contributed by atoms with E-state index in [0.717, 1.165) is 12.1 Å². The predicted octanol–water partition coefficient (Wildman–Crippen LogP) is 4.07. The van der Waals surface area contributed by atoms with Gasteiger partial charge < -0.3 is 15.2 Å². The number of halogens is 4. The summed E-state index contributed by atoms with van der Waals surface area (Å²) in [7, 11) is 1.79. The van der Waals surface area contributed by atoms with Gasteiger partial charge in [0.1, 0.15) is 0 Å². The number of anilines is 1. The predicted molar refractivity (Wildman–Crippen MR) is 111 cm³/mol. The quantitative estimate of drug-likeness (QED) is 0.611. The van der Waals surface area contributed by atoms with Crippen LogP contribution in [-0.4, -0.2) is 24.1 Å². The number of alkyl halides is 3. The molecular formula is C21H19ClF3N3O2. The Labute approximate surface area is 175 Å². The van der Waals surface area contributed by atoms with Crippen LogP contribution in [0.25, 0.3) is 10.8 Å². The van der Waals surface area contributed by atoms with Crippen LogP contribution in [0.1, 0.15) is 11.1 Å². The first kappa shape index (κ1) is 21.9. The zero-order chi connectivity index (χ0) is 21.9. The highest BCUT2D eigenvalue weighted by Crippen LogP contribution is 2.35. The minimum Gasteiger partial charge on any atom is -0.325 e. The summed E-state index contributed by atoms with van der Waals surface area (Å²) in [6.07, 6.45) is -3.23. The van der Waals surface area contributed by atoms with E-state index in [-0.39, 0.29) is 17.5 Å². The lowest BCUT2D eigenvalue weighted by Crippen LogP contribution is -2.25. The molecule has 9 heteroatoms. The lowest BCUT2D eigenvalue weighted by molar-refractivity contribution is -0.137. The molecule has 3 rings (SSSR count). The number of carbonyl (C=O) groups excluding carboxylic acids is 1. The largest absolute Gasteiger partial charge is 0.417 e. The van der Waals surface area contributed by atoms with Gasteiger partial charge in [0.25, 0.3) is 5.56 Å². The molecule has 5 nitrogen and oxygen atoms in total. The summed E-state index contributed by atoms with van der Waals surface area (Å²) in [6.45, 7) is 1.13. The number of nitrogens with one attached hydrogen (secondary N) is 2. The molecule has 0 spiro atoms. The zero-order valence-electron chi connectivity index (χ0n) is 16.0. The van der Waals surface area contributed by atoms with Crippen molar-refractivity contribution in [2.24, 2.45) is 0 Å². The summed E-state index contributed by atoms with van der Waals surface area (Å²) < 4.78 is 40.6. The first-order chi connectivity index (χ1) is 14.2. The van der Waals surface area contributed by atoms with E-state index in [9.17, 15) is 22.8 Å². The van der Waals surface area contributed by atoms with Crippen molar-refractivity contribution in [3.05, 3.63) is 75.2 Å². The van der Waals surface area contributed by atoms with Crippen molar-refractivity contribution in [3.8, 4) is 0 Å². The highest BCUT2D eigenvalue weighted by Gasteiger charge is 2.33. The third kappa shape index (κ3) is 4.83. The Kier molecular flexibility index (Phi) is 6.48. The Morgan fingerprint density at radius 1 is 1.13 bits per heavy atom. The molecule has 0 saturated carbocycles. The number of hydrogen-bond donors (Lipinski definition) is 2. The second-order valence-corrected chi connectivity index (χ2v) is 7.13. The van der Waals surface area contributed by atoms with E-state index in [4.69, 9.17) is 11.6 Å². The minimum absolute atomic E-state index is 0.180. The molecule has 0 aliphatic heterocycles. The Morgan fingerprint density at radius 2 is 1.90 bits per heavy atom. The number of benzene rings is 2. The fourth-order valence-electron chi connectivity index (χ4n) is 3.11. The average molecular weight is 438 g/mol. The van der Waals surface area contributed by atoms with E-state index in [2.05, 4.69) is 10.6 Å². The van der Waals surface area contributed by atoms with Crippen LogP contribution in [0.15, 0.2) is 53.5 Å². The monoisotopic (exact) mass is 437 g/mol. The van der Waals surface area contributed by atoms with Gasteiger partial charge in [-0.25, -0.2) is 0 Å². The molecule has 30 heavy (non-hydrogen) atoms. The molecule has 1 amide bonds. The van der Waals surface area contributed by atoms with Crippen molar-refractivity contribution >= 4 is 34.0 Å². The van der Waals surface area contributed by atoms with Gasteiger partial charge in [-0.15, -0.1) is 0 Å². The number of amides is 1. The van der Waals surface area contributed by atoms with Crippen LogP contribution >= 0.6 is 11.6 Å². The molecule has 158 valence electrons. The van der Waals surface area contributed by atoms with Gasteiger partial charge in [-0.05, 0) is 42.9 Å². The van der Waals surface area contributed by atoms with Crippen molar-refractivity contribution in [1.29, 1.82) is 0 Å². The van der Waals surface area contributed by atoms with Crippen molar-refractivity contribution in [2.45, 2.75) is 19.1 Å². The smallest absolute Gasteiger partial charge is 0.325 e.